The number of para-hydroxylation sites is 1. The number of nitro groups is 1. The first-order chi connectivity index (χ1) is 15.2. The lowest BCUT2D eigenvalue weighted by Crippen LogP contribution is -2.36. The van der Waals surface area contributed by atoms with Crippen LogP contribution in [0.25, 0.3) is 6.08 Å². The molecule has 1 saturated heterocycles. The Labute approximate surface area is 186 Å². The molecule has 2 heterocycles. The van der Waals surface area contributed by atoms with Gasteiger partial charge in [0, 0.05) is 5.69 Å². The van der Waals surface area contributed by atoms with Crippen LogP contribution in [0.1, 0.15) is 16.7 Å². The number of ether oxygens (including phenoxy) is 2. The van der Waals surface area contributed by atoms with Crippen LogP contribution in [0, 0.1) is 24.0 Å². The van der Waals surface area contributed by atoms with Gasteiger partial charge in [-0.25, -0.2) is 0 Å². The van der Waals surface area contributed by atoms with Crippen molar-refractivity contribution in [3.8, 4) is 11.5 Å². The summed E-state index contributed by atoms with van der Waals surface area (Å²) >= 11 is 0.609. The second-order valence-corrected chi connectivity index (χ2v) is 8.10. The third-order valence-electron chi connectivity index (χ3n) is 4.93. The number of anilines is 1. The van der Waals surface area contributed by atoms with Crippen LogP contribution in [0.2, 0.25) is 0 Å². The number of nitro benzene ring substituents is 1. The number of nitrogens with zero attached hydrogens (tertiary/aromatic N) is 2. The highest BCUT2D eigenvalue weighted by Crippen LogP contribution is 2.40. The molecular weight excluding hydrogens is 438 g/mol. The normalized spacial score (nSPS) is 16.1. The van der Waals surface area contributed by atoms with Gasteiger partial charge in [-0.1, -0.05) is 18.2 Å². The van der Waals surface area contributed by atoms with Gasteiger partial charge in [-0.3, -0.25) is 29.4 Å². The van der Waals surface area contributed by atoms with Crippen LogP contribution in [-0.2, 0) is 9.59 Å². The molecule has 11 heteroatoms. The molecule has 0 saturated carbocycles. The molecule has 10 nitrogen and oxygen atoms in total. The second kappa shape index (κ2) is 8.35. The number of amides is 3. The Morgan fingerprint density at radius 3 is 2.53 bits per heavy atom. The van der Waals surface area contributed by atoms with Crippen molar-refractivity contribution in [3.05, 3.63) is 62.0 Å². The molecule has 3 amide bonds. The summed E-state index contributed by atoms with van der Waals surface area (Å²) < 4.78 is 10.4. The van der Waals surface area contributed by atoms with Crippen molar-refractivity contribution >= 4 is 46.3 Å². The molecule has 1 N–H and O–H groups in total. The Morgan fingerprint density at radius 1 is 1.22 bits per heavy atom. The lowest BCUT2D eigenvalue weighted by atomic mass is 10.1. The molecular formula is C21H17N3O7S. The van der Waals surface area contributed by atoms with Crippen LogP contribution in [-0.4, -0.2) is 40.2 Å². The largest absolute Gasteiger partial charge is 0.454 e. The molecule has 1 fully saturated rings. The molecule has 0 unspecified atom stereocenters. The third-order valence-corrected chi connectivity index (χ3v) is 5.83. The van der Waals surface area contributed by atoms with Crippen molar-refractivity contribution in [2.24, 2.45) is 0 Å². The minimum atomic E-state index is -0.705. The van der Waals surface area contributed by atoms with Gasteiger partial charge in [0.1, 0.15) is 6.54 Å². The van der Waals surface area contributed by atoms with E-state index in [1.165, 1.54) is 18.2 Å². The summed E-state index contributed by atoms with van der Waals surface area (Å²) in [5.74, 6) is -0.706. The van der Waals surface area contributed by atoms with Crippen LogP contribution < -0.4 is 14.8 Å². The molecule has 0 aromatic heterocycles. The predicted molar refractivity (Wildman–Crippen MR) is 116 cm³/mol. The molecule has 2 aromatic carbocycles. The number of carbonyl (C=O) groups is 3. The number of hydrogen-bond acceptors (Lipinski definition) is 8. The Balaban J connectivity index is 1.55. The molecule has 0 spiro atoms. The predicted octanol–water partition coefficient (Wildman–Crippen LogP) is 3.62. The molecule has 32 heavy (non-hydrogen) atoms. The van der Waals surface area contributed by atoms with Gasteiger partial charge in [0.05, 0.1) is 21.5 Å². The van der Waals surface area contributed by atoms with E-state index in [0.29, 0.717) is 23.2 Å². The summed E-state index contributed by atoms with van der Waals surface area (Å²) in [6.45, 7) is 3.13. The van der Waals surface area contributed by atoms with Crippen LogP contribution in [0.3, 0.4) is 0 Å². The van der Waals surface area contributed by atoms with Gasteiger partial charge in [-0.05, 0) is 48.9 Å². The summed E-state index contributed by atoms with van der Waals surface area (Å²) in [6.07, 6.45) is 1.24. The average molecular weight is 455 g/mol. The maximum absolute atomic E-state index is 12.8. The Bertz CT molecular complexity index is 1190. The fraction of sp³-hybridized carbons (Fsp3) is 0.190. The van der Waals surface area contributed by atoms with Gasteiger partial charge < -0.3 is 14.8 Å². The molecule has 2 aliphatic rings. The van der Waals surface area contributed by atoms with E-state index in [-0.39, 0.29) is 28.7 Å². The van der Waals surface area contributed by atoms with Gasteiger partial charge in [-0.15, -0.1) is 0 Å². The summed E-state index contributed by atoms with van der Waals surface area (Å²) in [4.78, 5) is 49.2. The molecule has 0 aliphatic carbocycles. The van der Waals surface area contributed by atoms with E-state index in [4.69, 9.17) is 9.47 Å². The smallest absolute Gasteiger partial charge is 0.294 e. The van der Waals surface area contributed by atoms with Gasteiger partial charge in [0.25, 0.3) is 16.8 Å². The maximum atomic E-state index is 12.8. The first kappa shape index (κ1) is 21.4. The fourth-order valence-electron chi connectivity index (χ4n) is 3.33. The Hall–Kier alpha value is -3.86. The topological polar surface area (TPSA) is 128 Å². The van der Waals surface area contributed by atoms with Crippen LogP contribution in [0.15, 0.2) is 35.2 Å². The number of carbonyl (C=O) groups excluding carboxylic acids is 3. The van der Waals surface area contributed by atoms with E-state index in [1.54, 1.807) is 0 Å². The quantitative estimate of drug-likeness (QED) is 0.411. The van der Waals surface area contributed by atoms with Gasteiger partial charge >= 0.3 is 0 Å². The Morgan fingerprint density at radius 2 is 1.88 bits per heavy atom. The number of thioether (sulfide) groups is 1. The van der Waals surface area contributed by atoms with Crippen molar-refractivity contribution in [1.82, 2.24) is 4.90 Å². The first-order valence-corrected chi connectivity index (χ1v) is 10.3. The standard InChI is InChI=1S/C21H17N3O7S/c1-11-4-3-5-12(2)19(11)22-18(25)9-23-20(26)17(32-21(23)27)7-13-6-15-16(31-10-30-15)8-14(13)24(28)29/h3-8H,9-10H2,1-2H3,(H,22,25)/b17-7-. The summed E-state index contributed by atoms with van der Waals surface area (Å²) in [5.41, 5.74) is 2.11. The zero-order valence-electron chi connectivity index (χ0n) is 17.0. The maximum Gasteiger partial charge on any atom is 0.294 e. The van der Waals surface area contributed by atoms with Crippen molar-refractivity contribution in [2.45, 2.75) is 13.8 Å². The van der Waals surface area contributed by atoms with E-state index in [0.717, 1.165) is 16.0 Å². The average Bonchev–Trinajstić information content (AvgIpc) is 3.29. The van der Waals surface area contributed by atoms with Gasteiger partial charge in [-0.2, -0.15) is 0 Å². The fourth-order valence-corrected chi connectivity index (χ4v) is 4.16. The molecule has 2 aliphatic heterocycles. The zero-order valence-corrected chi connectivity index (χ0v) is 17.9. The third kappa shape index (κ3) is 4.02. The van der Waals surface area contributed by atoms with E-state index in [9.17, 15) is 24.5 Å². The number of nitrogens with one attached hydrogen (secondary N) is 1. The van der Waals surface area contributed by atoms with Crippen molar-refractivity contribution in [2.75, 3.05) is 18.7 Å². The Kier molecular flexibility index (Phi) is 5.57. The lowest BCUT2D eigenvalue weighted by Gasteiger charge is -2.15. The van der Waals surface area contributed by atoms with E-state index < -0.39 is 28.5 Å². The van der Waals surface area contributed by atoms with Gasteiger partial charge in [0.2, 0.25) is 12.7 Å². The number of imide groups is 1. The van der Waals surface area contributed by atoms with E-state index in [2.05, 4.69) is 5.32 Å². The van der Waals surface area contributed by atoms with Crippen molar-refractivity contribution in [1.29, 1.82) is 0 Å². The van der Waals surface area contributed by atoms with Crippen LogP contribution in [0.5, 0.6) is 11.5 Å². The highest BCUT2D eigenvalue weighted by molar-refractivity contribution is 8.18. The molecule has 0 bridgehead atoms. The summed E-state index contributed by atoms with van der Waals surface area (Å²) in [6, 6.07) is 8.11. The number of benzene rings is 2. The highest BCUT2D eigenvalue weighted by atomic mass is 32.2. The minimum Gasteiger partial charge on any atom is -0.454 e. The first-order valence-electron chi connectivity index (χ1n) is 9.44. The number of fused-ring (bicyclic) bond motifs is 1. The number of aryl methyl sites for hydroxylation is 2. The monoisotopic (exact) mass is 455 g/mol. The summed E-state index contributed by atoms with van der Waals surface area (Å²) in [5, 5.41) is 13.5. The molecule has 4 rings (SSSR count). The SMILES string of the molecule is Cc1cccc(C)c1NC(=O)CN1C(=O)S/C(=C\c2cc3c(cc2[N+](=O)[O-])OCO3)C1=O. The van der Waals surface area contributed by atoms with E-state index in [1.807, 2.05) is 32.0 Å². The van der Waals surface area contributed by atoms with Crippen molar-refractivity contribution < 1.29 is 28.8 Å². The number of rotatable bonds is 5. The lowest BCUT2D eigenvalue weighted by molar-refractivity contribution is -0.385. The van der Waals surface area contributed by atoms with Crippen LogP contribution in [0.4, 0.5) is 16.2 Å². The molecule has 0 radical (unpaired) electrons. The second-order valence-electron chi connectivity index (χ2n) is 7.10. The number of hydrogen-bond donors (Lipinski definition) is 1. The van der Waals surface area contributed by atoms with Crippen LogP contribution >= 0.6 is 11.8 Å². The molecule has 164 valence electrons. The van der Waals surface area contributed by atoms with Gasteiger partial charge in [0.15, 0.2) is 11.5 Å². The minimum absolute atomic E-state index is 0.0307. The molecule has 2 aromatic rings. The highest BCUT2D eigenvalue weighted by Gasteiger charge is 2.37. The van der Waals surface area contributed by atoms with Crippen molar-refractivity contribution in [3.63, 3.8) is 0 Å². The summed E-state index contributed by atoms with van der Waals surface area (Å²) in [7, 11) is 0. The van der Waals surface area contributed by atoms with E-state index >= 15 is 0 Å². The molecule has 0 atom stereocenters. The zero-order chi connectivity index (χ0) is 23.0.